The first-order valence-corrected chi connectivity index (χ1v) is 6.72. The van der Waals surface area contributed by atoms with Crippen molar-refractivity contribution in [2.75, 3.05) is 0 Å². The fourth-order valence-electron chi connectivity index (χ4n) is 2.06. The zero-order valence-electron chi connectivity index (χ0n) is 12.3. The Morgan fingerprint density at radius 3 is 2.50 bits per heavy atom. The molecule has 0 bridgehead atoms. The summed E-state index contributed by atoms with van der Waals surface area (Å²) in [6.45, 7) is 3.67. The Labute approximate surface area is 127 Å². The highest BCUT2D eigenvalue weighted by atomic mass is 19.4. The van der Waals surface area contributed by atoms with Crippen molar-refractivity contribution in [3.8, 4) is 17.6 Å². The molecule has 0 spiro atoms. The lowest BCUT2D eigenvalue weighted by molar-refractivity contribution is -0.137. The average Bonchev–Trinajstić information content (AvgIpc) is 2.45. The molecular weight excluding hydrogens is 289 g/mol. The van der Waals surface area contributed by atoms with E-state index in [0.29, 0.717) is 0 Å². The van der Waals surface area contributed by atoms with Gasteiger partial charge in [0.05, 0.1) is 5.56 Å². The minimum Gasteiger partial charge on any atom is -0.489 e. The zero-order chi connectivity index (χ0) is 16.2. The summed E-state index contributed by atoms with van der Waals surface area (Å²) in [5.74, 6) is 5.13. The van der Waals surface area contributed by atoms with Crippen LogP contribution >= 0.6 is 0 Å². The van der Waals surface area contributed by atoms with Gasteiger partial charge in [-0.05, 0) is 37.6 Å². The first-order valence-electron chi connectivity index (χ1n) is 6.72. The molecule has 0 aliphatic heterocycles. The van der Waals surface area contributed by atoms with E-state index in [1.807, 2.05) is 31.2 Å². The molecule has 0 fully saturated rings. The molecule has 0 N–H and O–H groups in total. The molecule has 114 valence electrons. The minimum atomic E-state index is -4.46. The third kappa shape index (κ3) is 4.05. The minimum absolute atomic E-state index is 0.0436. The molecule has 0 aliphatic carbocycles. The van der Waals surface area contributed by atoms with Crippen molar-refractivity contribution >= 4 is 0 Å². The highest BCUT2D eigenvalue weighted by molar-refractivity contribution is 5.46. The lowest BCUT2D eigenvalue weighted by atomic mass is 10.1. The summed E-state index contributed by atoms with van der Waals surface area (Å²) in [6.07, 6.45) is -4.46. The molecule has 0 aliphatic rings. The molecule has 0 saturated heterocycles. The van der Waals surface area contributed by atoms with E-state index in [9.17, 15) is 13.2 Å². The summed E-state index contributed by atoms with van der Waals surface area (Å²) in [7, 11) is 0. The number of rotatable bonds is 3. The normalized spacial score (nSPS) is 10.8. The van der Waals surface area contributed by atoms with Crippen molar-refractivity contribution in [3.63, 3.8) is 0 Å². The van der Waals surface area contributed by atoms with Gasteiger partial charge in [-0.1, -0.05) is 35.7 Å². The molecule has 0 heterocycles. The maximum absolute atomic E-state index is 13.0. The van der Waals surface area contributed by atoms with Crippen LogP contribution in [0.4, 0.5) is 13.2 Å². The van der Waals surface area contributed by atoms with Crippen LogP contribution in [0, 0.1) is 18.8 Å². The molecule has 2 aromatic rings. The second kappa shape index (κ2) is 6.57. The van der Waals surface area contributed by atoms with Crippen LogP contribution in [0.5, 0.6) is 5.75 Å². The Kier molecular flexibility index (Phi) is 4.77. The van der Waals surface area contributed by atoms with Gasteiger partial charge in [0, 0.05) is 5.56 Å². The lowest BCUT2D eigenvalue weighted by Crippen LogP contribution is -2.08. The largest absolute Gasteiger partial charge is 0.489 e. The molecule has 0 unspecified atom stereocenters. The second-order valence-corrected chi connectivity index (χ2v) is 4.86. The number of ether oxygens (including phenoxy) is 1. The molecule has 1 nitrogen and oxygen atoms in total. The average molecular weight is 304 g/mol. The molecule has 4 heteroatoms. The van der Waals surface area contributed by atoms with Crippen molar-refractivity contribution < 1.29 is 17.9 Å². The number of hydrogen-bond acceptors (Lipinski definition) is 1. The smallest absolute Gasteiger partial charge is 0.417 e. The Hall–Kier alpha value is -2.41. The van der Waals surface area contributed by atoms with Crippen molar-refractivity contribution in [1.29, 1.82) is 0 Å². The Morgan fingerprint density at radius 2 is 1.86 bits per heavy atom. The van der Waals surface area contributed by atoms with Crippen LogP contribution in [-0.4, -0.2) is 0 Å². The fourth-order valence-corrected chi connectivity index (χ4v) is 2.06. The molecule has 0 aromatic heterocycles. The monoisotopic (exact) mass is 304 g/mol. The standard InChI is InChI=1S/C18H15F3O/c1-3-5-15-8-9-16(11-17(15)18(19,20)21)22-12-14-7-4-6-13(2)10-14/h4,6-11H,12H2,1-2H3. The summed E-state index contributed by atoms with van der Waals surface area (Å²) in [5.41, 5.74) is 1.16. The van der Waals surface area contributed by atoms with Gasteiger partial charge in [-0.15, -0.1) is 5.92 Å². The van der Waals surface area contributed by atoms with Gasteiger partial charge in [0.25, 0.3) is 0 Å². The fraction of sp³-hybridized carbons (Fsp3) is 0.222. The van der Waals surface area contributed by atoms with Crippen molar-refractivity contribution in [3.05, 3.63) is 64.7 Å². The Morgan fingerprint density at radius 1 is 1.09 bits per heavy atom. The van der Waals surface area contributed by atoms with Gasteiger partial charge in [0.1, 0.15) is 12.4 Å². The molecule has 2 rings (SSSR count). The zero-order valence-corrected chi connectivity index (χ0v) is 12.3. The van der Waals surface area contributed by atoms with Gasteiger partial charge in [-0.3, -0.25) is 0 Å². The summed E-state index contributed by atoms with van der Waals surface area (Å²) >= 11 is 0. The number of alkyl halides is 3. The highest BCUT2D eigenvalue weighted by Gasteiger charge is 2.33. The Bertz CT molecular complexity index is 721. The lowest BCUT2D eigenvalue weighted by Gasteiger charge is -2.12. The van der Waals surface area contributed by atoms with E-state index in [1.165, 1.54) is 19.1 Å². The first-order chi connectivity index (χ1) is 10.4. The van der Waals surface area contributed by atoms with Crippen LogP contribution < -0.4 is 4.74 Å². The Balaban J connectivity index is 2.23. The third-order valence-electron chi connectivity index (χ3n) is 3.04. The maximum atomic E-state index is 13.0. The molecular formula is C18H15F3O. The predicted molar refractivity (Wildman–Crippen MR) is 79.5 cm³/mol. The SMILES string of the molecule is CC#Cc1ccc(OCc2cccc(C)c2)cc1C(F)(F)F. The number of benzene rings is 2. The van der Waals surface area contributed by atoms with Gasteiger partial charge < -0.3 is 4.74 Å². The third-order valence-corrected chi connectivity index (χ3v) is 3.04. The number of halogens is 3. The summed E-state index contributed by atoms with van der Waals surface area (Å²) in [5, 5.41) is 0. The van der Waals surface area contributed by atoms with Gasteiger partial charge in [0.15, 0.2) is 0 Å². The van der Waals surface area contributed by atoms with E-state index in [0.717, 1.165) is 17.2 Å². The van der Waals surface area contributed by atoms with Crippen LogP contribution in [0.3, 0.4) is 0 Å². The summed E-state index contributed by atoms with van der Waals surface area (Å²) in [4.78, 5) is 0. The number of aryl methyl sites for hydroxylation is 1. The van der Waals surface area contributed by atoms with Crippen LogP contribution in [0.1, 0.15) is 29.2 Å². The van der Waals surface area contributed by atoms with Crippen LogP contribution in [0.15, 0.2) is 42.5 Å². The summed E-state index contributed by atoms with van der Waals surface area (Å²) < 4.78 is 44.6. The van der Waals surface area contributed by atoms with E-state index in [2.05, 4.69) is 11.8 Å². The predicted octanol–water partition coefficient (Wildman–Crippen LogP) is 4.96. The van der Waals surface area contributed by atoms with E-state index >= 15 is 0 Å². The van der Waals surface area contributed by atoms with Gasteiger partial charge >= 0.3 is 6.18 Å². The van der Waals surface area contributed by atoms with Gasteiger partial charge in [0.2, 0.25) is 0 Å². The van der Waals surface area contributed by atoms with Gasteiger partial charge in [-0.2, -0.15) is 13.2 Å². The van der Waals surface area contributed by atoms with E-state index in [1.54, 1.807) is 0 Å². The van der Waals surface area contributed by atoms with Crippen LogP contribution in [-0.2, 0) is 12.8 Å². The van der Waals surface area contributed by atoms with Crippen molar-refractivity contribution in [2.24, 2.45) is 0 Å². The number of hydrogen-bond donors (Lipinski definition) is 0. The van der Waals surface area contributed by atoms with E-state index in [4.69, 9.17) is 4.74 Å². The van der Waals surface area contributed by atoms with E-state index < -0.39 is 11.7 Å². The molecule has 0 amide bonds. The van der Waals surface area contributed by atoms with Crippen molar-refractivity contribution in [2.45, 2.75) is 26.6 Å². The van der Waals surface area contributed by atoms with Gasteiger partial charge in [-0.25, -0.2) is 0 Å². The first kappa shape index (κ1) is 16.0. The maximum Gasteiger partial charge on any atom is 0.417 e. The molecule has 22 heavy (non-hydrogen) atoms. The highest BCUT2D eigenvalue weighted by Crippen LogP contribution is 2.34. The quantitative estimate of drug-likeness (QED) is 0.728. The van der Waals surface area contributed by atoms with Crippen LogP contribution in [0.2, 0.25) is 0 Å². The van der Waals surface area contributed by atoms with Crippen LogP contribution in [0.25, 0.3) is 0 Å². The molecule has 0 saturated carbocycles. The van der Waals surface area contributed by atoms with Crippen molar-refractivity contribution in [1.82, 2.24) is 0 Å². The molecule has 0 radical (unpaired) electrons. The second-order valence-electron chi connectivity index (χ2n) is 4.86. The molecule has 2 aromatic carbocycles. The summed E-state index contributed by atoms with van der Waals surface area (Å²) in [6, 6.07) is 11.5. The molecule has 0 atom stereocenters. The topological polar surface area (TPSA) is 9.23 Å². The van der Waals surface area contributed by atoms with E-state index in [-0.39, 0.29) is 17.9 Å².